The number of benzene rings is 1. The van der Waals surface area contributed by atoms with E-state index in [1.54, 1.807) is 37.2 Å². The van der Waals surface area contributed by atoms with E-state index in [-0.39, 0.29) is 41.9 Å². The molecule has 2 N–H and O–H groups in total. The summed E-state index contributed by atoms with van der Waals surface area (Å²) in [6.07, 6.45) is 0.378. The summed E-state index contributed by atoms with van der Waals surface area (Å²) in [5.74, 6) is 0.337. The van der Waals surface area contributed by atoms with Gasteiger partial charge in [0.2, 0.25) is 0 Å². The molecular weight excluding hydrogens is 462 g/mol. The topological polar surface area (TPSA) is 66.0 Å². The molecule has 0 bridgehead atoms. The number of nitrogens with one attached hydrogen (secondary N) is 2. The molecule has 0 fully saturated rings. The van der Waals surface area contributed by atoms with Crippen molar-refractivity contribution in [3.63, 3.8) is 0 Å². The third-order valence-electron chi connectivity index (χ3n) is 3.82. The molecule has 27 heavy (non-hydrogen) atoms. The van der Waals surface area contributed by atoms with Crippen LogP contribution in [-0.4, -0.2) is 49.2 Å². The third-order valence-corrected chi connectivity index (χ3v) is 3.82. The Hall–Kier alpha value is -1.58. The van der Waals surface area contributed by atoms with Crippen LogP contribution in [0, 0.1) is 5.82 Å². The third kappa shape index (κ3) is 9.78. The second kappa shape index (κ2) is 12.0. The Kier molecular flexibility index (Phi) is 11.3. The Balaban J connectivity index is 0.00000676. The van der Waals surface area contributed by atoms with Gasteiger partial charge in [0.05, 0.1) is 0 Å². The Morgan fingerprint density at radius 3 is 2.48 bits per heavy atom. The molecule has 1 amide bonds. The highest BCUT2D eigenvalue weighted by Gasteiger charge is 2.22. The molecule has 1 aromatic carbocycles. The molecular formula is C19H32FIN4O2. The quantitative estimate of drug-likeness (QED) is 0.359. The molecule has 8 heteroatoms. The van der Waals surface area contributed by atoms with Crippen molar-refractivity contribution in [3.8, 4) is 0 Å². The zero-order valence-corrected chi connectivity index (χ0v) is 19.3. The van der Waals surface area contributed by atoms with Crippen LogP contribution in [0.2, 0.25) is 0 Å². The van der Waals surface area contributed by atoms with Gasteiger partial charge in [0.25, 0.3) is 0 Å². The Labute approximate surface area is 179 Å². The number of carbonyl (C=O) groups is 1. The highest BCUT2D eigenvalue weighted by Crippen LogP contribution is 2.11. The van der Waals surface area contributed by atoms with Gasteiger partial charge in [-0.15, -0.1) is 24.0 Å². The number of guanidine groups is 1. The van der Waals surface area contributed by atoms with Gasteiger partial charge in [0, 0.05) is 38.8 Å². The molecule has 1 unspecified atom stereocenters. The van der Waals surface area contributed by atoms with Crippen LogP contribution in [0.1, 0.15) is 39.7 Å². The lowest BCUT2D eigenvalue weighted by Crippen LogP contribution is -2.42. The molecule has 0 aromatic heterocycles. The smallest absolute Gasteiger partial charge is 0.410 e. The molecule has 1 aromatic rings. The van der Waals surface area contributed by atoms with Gasteiger partial charge in [-0.3, -0.25) is 4.99 Å². The first-order valence-electron chi connectivity index (χ1n) is 8.77. The van der Waals surface area contributed by atoms with E-state index < -0.39 is 5.60 Å². The van der Waals surface area contributed by atoms with Crippen molar-refractivity contribution in [3.05, 3.63) is 35.6 Å². The largest absolute Gasteiger partial charge is 0.444 e. The number of hydrogen-bond acceptors (Lipinski definition) is 3. The lowest BCUT2D eigenvalue weighted by Gasteiger charge is -2.28. The molecule has 0 aliphatic rings. The summed E-state index contributed by atoms with van der Waals surface area (Å²) in [4.78, 5) is 17.8. The summed E-state index contributed by atoms with van der Waals surface area (Å²) in [6, 6.07) is 6.62. The van der Waals surface area contributed by atoms with Gasteiger partial charge < -0.3 is 20.3 Å². The second-order valence-corrected chi connectivity index (χ2v) is 7.17. The minimum absolute atomic E-state index is 0. The van der Waals surface area contributed by atoms with Gasteiger partial charge in [-0.05, 0) is 40.2 Å². The van der Waals surface area contributed by atoms with Crippen LogP contribution in [0.4, 0.5) is 9.18 Å². The monoisotopic (exact) mass is 494 g/mol. The first-order valence-corrected chi connectivity index (χ1v) is 8.77. The van der Waals surface area contributed by atoms with Crippen LogP contribution in [0.15, 0.2) is 29.3 Å². The van der Waals surface area contributed by atoms with Crippen LogP contribution in [0.25, 0.3) is 0 Å². The molecule has 0 aliphatic heterocycles. The molecule has 1 atom stereocenters. The van der Waals surface area contributed by atoms with Crippen molar-refractivity contribution in [2.75, 3.05) is 20.6 Å². The Morgan fingerprint density at radius 2 is 1.93 bits per heavy atom. The van der Waals surface area contributed by atoms with E-state index in [0.717, 1.165) is 6.42 Å². The maximum absolute atomic E-state index is 13.6. The minimum Gasteiger partial charge on any atom is -0.444 e. The van der Waals surface area contributed by atoms with Crippen LogP contribution < -0.4 is 10.6 Å². The van der Waals surface area contributed by atoms with E-state index in [1.165, 1.54) is 6.07 Å². The maximum Gasteiger partial charge on any atom is 0.410 e. The second-order valence-electron chi connectivity index (χ2n) is 7.17. The van der Waals surface area contributed by atoms with Gasteiger partial charge in [-0.1, -0.05) is 18.2 Å². The number of amides is 1. The van der Waals surface area contributed by atoms with E-state index in [9.17, 15) is 9.18 Å². The number of halogens is 2. The average Bonchev–Trinajstić information content (AvgIpc) is 2.56. The fourth-order valence-electron chi connectivity index (χ4n) is 2.15. The van der Waals surface area contributed by atoms with E-state index in [4.69, 9.17) is 4.74 Å². The number of ether oxygens (including phenoxy) is 1. The molecule has 6 nitrogen and oxygen atoms in total. The van der Waals surface area contributed by atoms with Gasteiger partial charge in [0.1, 0.15) is 11.4 Å². The highest BCUT2D eigenvalue weighted by molar-refractivity contribution is 14.0. The Morgan fingerprint density at radius 1 is 1.30 bits per heavy atom. The van der Waals surface area contributed by atoms with Gasteiger partial charge in [0.15, 0.2) is 5.96 Å². The van der Waals surface area contributed by atoms with E-state index in [1.807, 2.05) is 27.7 Å². The summed E-state index contributed by atoms with van der Waals surface area (Å²) in [5, 5.41) is 6.25. The van der Waals surface area contributed by atoms with E-state index in [2.05, 4.69) is 15.6 Å². The molecule has 0 saturated carbocycles. The number of carbonyl (C=O) groups excluding carboxylic acids is 1. The normalized spacial score (nSPS) is 12.6. The molecule has 0 spiro atoms. The molecule has 1 rings (SSSR count). The minimum atomic E-state index is -0.512. The van der Waals surface area contributed by atoms with Crippen molar-refractivity contribution < 1.29 is 13.9 Å². The first kappa shape index (κ1) is 25.4. The number of aliphatic imine (C=N–C) groups is 1. The van der Waals surface area contributed by atoms with Crippen LogP contribution in [0.5, 0.6) is 0 Å². The first-order chi connectivity index (χ1) is 12.1. The predicted octanol–water partition coefficient (Wildman–Crippen LogP) is 3.75. The van der Waals surface area contributed by atoms with Crippen molar-refractivity contribution >= 4 is 36.0 Å². The lowest BCUT2D eigenvalue weighted by molar-refractivity contribution is 0.0230. The summed E-state index contributed by atoms with van der Waals surface area (Å²) in [5.41, 5.74) is 0.0654. The number of rotatable bonds is 6. The van der Waals surface area contributed by atoms with Crippen molar-refractivity contribution in [1.82, 2.24) is 15.5 Å². The highest BCUT2D eigenvalue weighted by atomic mass is 127. The van der Waals surface area contributed by atoms with Crippen molar-refractivity contribution in [2.24, 2.45) is 4.99 Å². The number of nitrogens with zero attached hydrogens (tertiary/aromatic N) is 2. The molecule has 0 saturated heterocycles. The number of hydrogen-bond donors (Lipinski definition) is 2. The van der Waals surface area contributed by atoms with Gasteiger partial charge >= 0.3 is 6.09 Å². The summed E-state index contributed by atoms with van der Waals surface area (Å²) in [7, 11) is 3.39. The van der Waals surface area contributed by atoms with Crippen LogP contribution >= 0.6 is 24.0 Å². The Bertz CT molecular complexity index is 620. The van der Waals surface area contributed by atoms with Gasteiger partial charge in [-0.25, -0.2) is 9.18 Å². The molecule has 0 heterocycles. The zero-order valence-electron chi connectivity index (χ0n) is 17.0. The lowest BCUT2D eigenvalue weighted by atomic mass is 10.2. The summed E-state index contributed by atoms with van der Waals surface area (Å²) >= 11 is 0. The predicted molar refractivity (Wildman–Crippen MR) is 118 cm³/mol. The summed E-state index contributed by atoms with van der Waals surface area (Å²) in [6.45, 7) is 8.45. The van der Waals surface area contributed by atoms with E-state index >= 15 is 0 Å². The SMILES string of the molecule is CN=C(NCCC(C)N(C)C(=O)OC(C)(C)C)NCc1ccccc1F.I. The molecule has 154 valence electrons. The fraction of sp³-hybridized carbons (Fsp3) is 0.579. The average molecular weight is 494 g/mol. The van der Waals surface area contributed by atoms with Crippen molar-refractivity contribution in [2.45, 2.75) is 52.3 Å². The van der Waals surface area contributed by atoms with Crippen LogP contribution in [0.3, 0.4) is 0 Å². The van der Waals surface area contributed by atoms with E-state index in [0.29, 0.717) is 24.6 Å². The molecule has 0 radical (unpaired) electrons. The van der Waals surface area contributed by atoms with Crippen molar-refractivity contribution in [1.29, 1.82) is 0 Å². The standard InChI is InChI=1S/C19H31FN4O2.HI/c1-14(24(6)18(25)26-19(2,3)4)11-12-22-17(21-5)23-13-15-9-7-8-10-16(15)20;/h7-10,14H,11-13H2,1-6H3,(H2,21,22,23);1H. The zero-order chi connectivity index (χ0) is 19.7. The molecule has 0 aliphatic carbocycles. The van der Waals surface area contributed by atoms with Gasteiger partial charge in [-0.2, -0.15) is 0 Å². The van der Waals surface area contributed by atoms with Crippen LogP contribution in [-0.2, 0) is 11.3 Å². The summed E-state index contributed by atoms with van der Waals surface area (Å²) < 4.78 is 19.0. The fourth-order valence-corrected chi connectivity index (χ4v) is 2.15. The maximum atomic E-state index is 13.6.